The molecule has 0 rings (SSSR count). The topological polar surface area (TPSA) is 80.3 Å². The van der Waals surface area contributed by atoms with Crippen molar-refractivity contribution in [3.05, 3.63) is 0 Å². The summed E-state index contributed by atoms with van der Waals surface area (Å²) in [4.78, 5) is 0. The van der Waals surface area contributed by atoms with Gasteiger partial charge in [0.1, 0.15) is 0 Å². The fraction of sp³-hybridized carbons (Fsp3) is 1.00. The quantitative estimate of drug-likeness (QED) is 0.461. The van der Waals surface area contributed by atoms with Crippen molar-refractivity contribution in [2.45, 2.75) is 55.4 Å². The summed E-state index contributed by atoms with van der Waals surface area (Å²) in [5, 5.41) is 0. The van der Waals surface area contributed by atoms with E-state index in [4.69, 9.17) is 14.3 Å². The molecular weight excluding hydrogens is 468 g/mol. The van der Waals surface area contributed by atoms with Gasteiger partial charge in [0.05, 0.1) is 52.4 Å². The van der Waals surface area contributed by atoms with E-state index in [1.807, 2.05) is 0 Å². The van der Waals surface area contributed by atoms with E-state index in [-0.39, 0.29) is 0 Å². The van der Waals surface area contributed by atoms with Crippen molar-refractivity contribution in [1.82, 2.24) is 0 Å². The molecule has 0 spiro atoms. The van der Waals surface area contributed by atoms with Gasteiger partial charge in [-0.15, -0.1) is 0 Å². The van der Waals surface area contributed by atoms with Gasteiger partial charge in [0.25, 0.3) is 0 Å². The van der Waals surface area contributed by atoms with E-state index in [1.165, 1.54) is 61.3 Å². The molecule has 0 aliphatic rings. The van der Waals surface area contributed by atoms with Crippen LogP contribution in [0.4, 0.5) is 0 Å². The molecule has 7 heteroatoms. The van der Waals surface area contributed by atoms with Gasteiger partial charge >= 0.3 is 31.1 Å². The molecule has 0 heterocycles. The van der Waals surface area contributed by atoms with Gasteiger partial charge in [-0.1, -0.05) is 0 Å². The number of hydrogen-bond acceptors (Lipinski definition) is 4. The normalized spacial score (nSPS) is 11.9. The maximum atomic E-state index is 8.65. The third-order valence-corrected chi connectivity index (χ3v) is 5.37. The number of quaternary nitrogens is 2. The van der Waals surface area contributed by atoms with Crippen molar-refractivity contribution in [3.63, 3.8) is 0 Å². The first kappa shape index (κ1) is 28.0. The molecule has 0 atom stereocenters. The van der Waals surface area contributed by atoms with Gasteiger partial charge < -0.3 is 8.97 Å². The van der Waals surface area contributed by atoms with E-state index < -0.39 is 16.7 Å². The van der Waals surface area contributed by atoms with Crippen molar-refractivity contribution in [1.29, 1.82) is 0 Å². The molecule has 0 aromatic heterocycles. The van der Waals surface area contributed by atoms with Crippen molar-refractivity contribution >= 4 is 0 Å². The second kappa shape index (κ2) is 14.5. The van der Waals surface area contributed by atoms with Gasteiger partial charge in [-0.3, -0.25) is 0 Å². The van der Waals surface area contributed by atoms with Gasteiger partial charge in [-0.2, -0.15) is 0 Å². The molecule has 144 valence electrons. The summed E-state index contributed by atoms with van der Waals surface area (Å²) in [6, 6.07) is 0. The summed E-state index contributed by atoms with van der Waals surface area (Å²) in [6.07, 6.45) is 0. The summed E-state index contributed by atoms with van der Waals surface area (Å²) in [7, 11) is 0. The zero-order valence-corrected chi connectivity index (χ0v) is 19.5. The summed E-state index contributed by atoms with van der Waals surface area (Å²) >= 11 is -6.17. The molecule has 0 aromatic rings. The molecule has 0 unspecified atom stereocenters. The van der Waals surface area contributed by atoms with E-state index in [9.17, 15) is 0 Å². The standard InChI is InChI=1S/2C8H20N.4O.W/c2*1-5-9(6-2,7-3)8-4;;;;;/h2*5-8H2,1-4H3;;;;;/q2*+1;;;2*-1;. The Balaban J connectivity index is -0.000000273. The number of rotatable bonds is 8. The van der Waals surface area contributed by atoms with E-state index >= 15 is 0 Å². The molecule has 0 radical (unpaired) electrons. The van der Waals surface area contributed by atoms with Gasteiger partial charge in [0.2, 0.25) is 0 Å². The molecule has 6 nitrogen and oxygen atoms in total. The summed E-state index contributed by atoms with van der Waals surface area (Å²) in [5.41, 5.74) is 0. The van der Waals surface area contributed by atoms with Crippen molar-refractivity contribution in [3.8, 4) is 0 Å². The Morgan fingerprint density at radius 1 is 0.522 bits per heavy atom. The Hall–Kier alpha value is 0.128. The van der Waals surface area contributed by atoms with Crippen LogP contribution in [0.15, 0.2) is 0 Å². The van der Waals surface area contributed by atoms with Crippen LogP contribution < -0.4 is 7.52 Å². The summed E-state index contributed by atoms with van der Waals surface area (Å²) in [6.45, 7) is 28.4. The van der Waals surface area contributed by atoms with E-state index in [0.29, 0.717) is 0 Å². The van der Waals surface area contributed by atoms with Gasteiger partial charge in [-0.25, -0.2) is 0 Å². The molecule has 0 saturated heterocycles. The van der Waals surface area contributed by atoms with E-state index in [0.717, 1.165) is 0 Å². The minimum atomic E-state index is -6.17. The Morgan fingerprint density at radius 3 is 0.609 bits per heavy atom. The molecule has 0 bridgehead atoms. The Morgan fingerprint density at radius 2 is 0.609 bits per heavy atom. The molecule has 0 fully saturated rings. The van der Waals surface area contributed by atoms with Crippen LogP contribution in [0, 0.1) is 0 Å². The first-order valence-electron chi connectivity index (χ1n) is 8.85. The molecular formula is C16H40N2O4W. The van der Waals surface area contributed by atoms with Gasteiger partial charge in [0, 0.05) is 0 Å². The molecule has 0 saturated carbocycles. The second-order valence-electron chi connectivity index (χ2n) is 5.62. The average Bonchev–Trinajstić information content (AvgIpc) is 2.52. The Kier molecular flexibility index (Phi) is 17.6. The van der Waals surface area contributed by atoms with E-state index in [2.05, 4.69) is 55.4 Å². The Labute approximate surface area is 148 Å². The fourth-order valence-electron chi connectivity index (χ4n) is 2.68. The second-order valence-corrected chi connectivity index (χ2v) is 8.55. The molecule has 0 N–H and O–H groups in total. The predicted molar refractivity (Wildman–Crippen MR) is 86.2 cm³/mol. The summed E-state index contributed by atoms with van der Waals surface area (Å²) < 4.78 is 37.1. The molecule has 23 heavy (non-hydrogen) atoms. The molecule has 0 aliphatic carbocycles. The average molecular weight is 508 g/mol. The van der Waals surface area contributed by atoms with Gasteiger partial charge in [-0.05, 0) is 55.4 Å². The Bertz CT molecular complexity index is 288. The first-order valence-corrected chi connectivity index (χ1v) is 13.6. The van der Waals surface area contributed by atoms with Crippen LogP contribution in [-0.2, 0) is 23.5 Å². The number of hydrogen-bond donors (Lipinski definition) is 0. The summed E-state index contributed by atoms with van der Waals surface area (Å²) in [5.74, 6) is 0. The van der Waals surface area contributed by atoms with Crippen LogP contribution in [0.1, 0.15) is 55.4 Å². The van der Waals surface area contributed by atoms with Crippen LogP contribution in [-0.4, -0.2) is 61.3 Å². The third kappa shape index (κ3) is 15.4. The van der Waals surface area contributed by atoms with Gasteiger partial charge in [0.15, 0.2) is 0 Å². The zero-order valence-electron chi connectivity index (χ0n) is 16.6. The fourth-order valence-corrected chi connectivity index (χ4v) is 2.68. The van der Waals surface area contributed by atoms with Crippen molar-refractivity contribution in [2.24, 2.45) is 0 Å². The van der Waals surface area contributed by atoms with Crippen LogP contribution in [0.3, 0.4) is 0 Å². The SMILES string of the molecule is CC[N+](CC)(CC)CC.CC[N+](CC)(CC)CC.[O]=[W](=[O])([O-])[O-]. The first-order chi connectivity index (χ1) is 10.5. The molecule has 0 amide bonds. The molecule has 0 aromatic carbocycles. The minimum absolute atomic E-state index is 1.28. The van der Waals surface area contributed by atoms with Crippen molar-refractivity contribution in [2.75, 3.05) is 52.4 Å². The van der Waals surface area contributed by atoms with Crippen LogP contribution in [0.5, 0.6) is 0 Å². The van der Waals surface area contributed by atoms with Crippen LogP contribution in [0.2, 0.25) is 0 Å². The number of nitrogens with zero attached hydrogens (tertiary/aromatic N) is 2. The zero-order chi connectivity index (χ0) is 19.2. The van der Waals surface area contributed by atoms with Crippen LogP contribution >= 0.6 is 0 Å². The third-order valence-electron chi connectivity index (χ3n) is 5.37. The predicted octanol–water partition coefficient (Wildman–Crippen LogP) is 1.15. The van der Waals surface area contributed by atoms with Crippen molar-refractivity contribution < 1.29 is 40.0 Å². The van der Waals surface area contributed by atoms with E-state index in [1.54, 1.807) is 0 Å². The monoisotopic (exact) mass is 508 g/mol. The van der Waals surface area contributed by atoms with Crippen LogP contribution in [0.25, 0.3) is 0 Å². The molecule has 0 aliphatic heterocycles. The maximum absolute atomic E-state index is 8.65.